The van der Waals surface area contributed by atoms with E-state index in [0.29, 0.717) is 30.4 Å². The molecule has 1 aromatic heterocycles. The van der Waals surface area contributed by atoms with Gasteiger partial charge in [-0.3, -0.25) is 9.59 Å². The van der Waals surface area contributed by atoms with Crippen molar-refractivity contribution in [1.82, 2.24) is 9.47 Å². The van der Waals surface area contributed by atoms with Crippen LogP contribution in [-0.4, -0.2) is 55.3 Å². The van der Waals surface area contributed by atoms with E-state index in [-0.39, 0.29) is 11.6 Å². The van der Waals surface area contributed by atoms with Gasteiger partial charge in [-0.1, -0.05) is 0 Å². The number of primary amides is 1. The van der Waals surface area contributed by atoms with Crippen molar-refractivity contribution in [3.8, 4) is 0 Å². The van der Waals surface area contributed by atoms with Crippen molar-refractivity contribution < 1.29 is 9.53 Å². The van der Waals surface area contributed by atoms with Crippen LogP contribution in [-0.2, 0) is 4.74 Å². The van der Waals surface area contributed by atoms with Gasteiger partial charge in [0.05, 0.1) is 11.3 Å². The number of nitrogens with one attached hydrogen (secondary N) is 1. The standard InChI is InChI=1S/C16H24N4O3/c1-19-8-11(9-19)7-18-14-6-15(21)20(10-13(14)16(17)22)12-2-4-23-5-3-12/h6,10-12,18H,2-5,7-9H2,1H3,(H2,17,22). The Morgan fingerprint density at radius 1 is 1.39 bits per heavy atom. The Hall–Kier alpha value is -1.86. The number of carbonyl (C=O) groups excluding carboxylic acids is 1. The van der Waals surface area contributed by atoms with E-state index in [1.54, 1.807) is 10.8 Å². The Labute approximate surface area is 135 Å². The summed E-state index contributed by atoms with van der Waals surface area (Å²) in [4.78, 5) is 26.4. The number of ether oxygens (including phenoxy) is 1. The third kappa shape index (κ3) is 3.56. The zero-order valence-corrected chi connectivity index (χ0v) is 13.5. The Kier molecular flexibility index (Phi) is 4.68. The van der Waals surface area contributed by atoms with Crippen molar-refractivity contribution in [2.75, 3.05) is 45.2 Å². The highest BCUT2D eigenvalue weighted by molar-refractivity contribution is 5.98. The number of carbonyl (C=O) groups is 1. The number of nitrogens with zero attached hydrogens (tertiary/aromatic N) is 2. The topological polar surface area (TPSA) is 89.6 Å². The molecular weight excluding hydrogens is 296 g/mol. The van der Waals surface area contributed by atoms with E-state index in [1.807, 2.05) is 0 Å². The first-order chi connectivity index (χ1) is 11.0. The van der Waals surface area contributed by atoms with Crippen molar-refractivity contribution in [1.29, 1.82) is 0 Å². The van der Waals surface area contributed by atoms with Crippen LogP contribution in [0.4, 0.5) is 5.69 Å². The van der Waals surface area contributed by atoms with Crippen LogP contribution in [0.1, 0.15) is 29.2 Å². The van der Waals surface area contributed by atoms with Gasteiger partial charge in [0.15, 0.2) is 0 Å². The molecule has 2 saturated heterocycles. The molecule has 3 heterocycles. The molecule has 1 aromatic rings. The molecule has 7 nitrogen and oxygen atoms in total. The van der Waals surface area contributed by atoms with Crippen molar-refractivity contribution in [3.63, 3.8) is 0 Å². The molecule has 23 heavy (non-hydrogen) atoms. The molecule has 0 aromatic carbocycles. The van der Waals surface area contributed by atoms with Crippen molar-refractivity contribution in [2.45, 2.75) is 18.9 Å². The summed E-state index contributed by atoms with van der Waals surface area (Å²) in [6.45, 7) is 4.07. The fraction of sp³-hybridized carbons (Fsp3) is 0.625. The summed E-state index contributed by atoms with van der Waals surface area (Å²) in [5.41, 5.74) is 6.33. The molecule has 0 radical (unpaired) electrons. The van der Waals surface area contributed by atoms with Gasteiger partial charge in [0.2, 0.25) is 0 Å². The fourth-order valence-electron chi connectivity index (χ4n) is 3.35. The molecule has 2 fully saturated rings. The molecule has 0 atom stereocenters. The second kappa shape index (κ2) is 6.72. The van der Waals surface area contributed by atoms with Crippen molar-refractivity contribution >= 4 is 11.6 Å². The highest BCUT2D eigenvalue weighted by atomic mass is 16.5. The summed E-state index contributed by atoms with van der Waals surface area (Å²) in [5, 5.41) is 3.22. The SMILES string of the molecule is CN1CC(CNc2cc(=O)n(C3CCOCC3)cc2C(N)=O)C1. The van der Waals surface area contributed by atoms with Crippen molar-refractivity contribution in [3.05, 3.63) is 28.2 Å². The van der Waals surface area contributed by atoms with Crippen LogP contribution in [0.5, 0.6) is 0 Å². The third-order valence-electron chi connectivity index (χ3n) is 4.65. The van der Waals surface area contributed by atoms with Gasteiger partial charge in [-0.15, -0.1) is 0 Å². The zero-order valence-electron chi connectivity index (χ0n) is 13.5. The number of nitrogens with two attached hydrogens (primary N) is 1. The highest BCUT2D eigenvalue weighted by Gasteiger charge is 2.24. The lowest BCUT2D eigenvalue weighted by molar-refractivity contribution is 0.0686. The summed E-state index contributed by atoms with van der Waals surface area (Å²) in [6, 6.07) is 1.57. The fourth-order valence-corrected chi connectivity index (χ4v) is 3.35. The first kappa shape index (κ1) is 16.0. The maximum Gasteiger partial charge on any atom is 0.252 e. The van der Waals surface area contributed by atoms with Crippen LogP contribution in [0, 0.1) is 5.92 Å². The Morgan fingerprint density at radius 3 is 2.70 bits per heavy atom. The van der Waals surface area contributed by atoms with Gasteiger partial charge in [0.1, 0.15) is 0 Å². The van der Waals surface area contributed by atoms with Crippen LogP contribution >= 0.6 is 0 Å². The smallest absolute Gasteiger partial charge is 0.252 e. The lowest BCUT2D eigenvalue weighted by atomic mass is 10.0. The second-order valence-corrected chi connectivity index (χ2v) is 6.52. The van der Waals surface area contributed by atoms with Crippen LogP contribution in [0.2, 0.25) is 0 Å². The van der Waals surface area contributed by atoms with Crippen LogP contribution in [0.25, 0.3) is 0 Å². The predicted molar refractivity (Wildman–Crippen MR) is 87.8 cm³/mol. The molecule has 2 aliphatic rings. The van der Waals surface area contributed by atoms with E-state index in [9.17, 15) is 9.59 Å². The number of amides is 1. The maximum atomic E-state index is 12.4. The van der Waals surface area contributed by atoms with E-state index >= 15 is 0 Å². The average Bonchev–Trinajstić information content (AvgIpc) is 2.51. The first-order valence-electron chi connectivity index (χ1n) is 8.10. The van der Waals surface area contributed by atoms with Gasteiger partial charge in [-0.05, 0) is 19.9 Å². The largest absolute Gasteiger partial charge is 0.384 e. The van der Waals surface area contributed by atoms with E-state index < -0.39 is 5.91 Å². The van der Waals surface area contributed by atoms with Gasteiger partial charge in [0.25, 0.3) is 11.5 Å². The summed E-state index contributed by atoms with van der Waals surface area (Å²) in [5.74, 6) is 0.0256. The molecular formula is C16H24N4O3. The van der Waals surface area contributed by atoms with Gasteiger partial charge in [-0.25, -0.2) is 0 Å². The molecule has 1 amide bonds. The molecule has 3 rings (SSSR count). The molecule has 7 heteroatoms. The Bertz CT molecular complexity index is 631. The number of likely N-dealkylation sites (tertiary alicyclic amines) is 1. The van der Waals surface area contributed by atoms with E-state index in [2.05, 4.69) is 17.3 Å². The minimum atomic E-state index is -0.515. The molecule has 0 bridgehead atoms. The average molecular weight is 320 g/mol. The van der Waals surface area contributed by atoms with Crippen LogP contribution < -0.4 is 16.6 Å². The van der Waals surface area contributed by atoms with Gasteiger partial charge in [-0.2, -0.15) is 0 Å². The van der Waals surface area contributed by atoms with Gasteiger partial charge >= 0.3 is 0 Å². The van der Waals surface area contributed by atoms with E-state index in [1.165, 1.54) is 6.07 Å². The summed E-state index contributed by atoms with van der Waals surface area (Å²) in [6.07, 6.45) is 3.16. The molecule has 0 saturated carbocycles. The second-order valence-electron chi connectivity index (χ2n) is 6.52. The molecule has 126 valence electrons. The Morgan fingerprint density at radius 2 is 2.09 bits per heavy atom. The lowest BCUT2D eigenvalue weighted by Gasteiger charge is -2.36. The van der Waals surface area contributed by atoms with Crippen molar-refractivity contribution in [2.24, 2.45) is 11.7 Å². The van der Waals surface area contributed by atoms with Gasteiger partial charge in [0, 0.05) is 57.1 Å². The normalized spacial score (nSPS) is 20.2. The summed E-state index contributed by atoms with van der Waals surface area (Å²) >= 11 is 0. The number of hydrogen-bond acceptors (Lipinski definition) is 5. The highest BCUT2D eigenvalue weighted by Crippen LogP contribution is 2.22. The van der Waals surface area contributed by atoms with E-state index in [4.69, 9.17) is 10.5 Å². The molecule has 3 N–H and O–H groups in total. The number of rotatable bonds is 5. The number of aromatic nitrogens is 1. The quantitative estimate of drug-likeness (QED) is 0.813. The number of hydrogen-bond donors (Lipinski definition) is 2. The molecule has 0 spiro atoms. The maximum absolute atomic E-state index is 12.4. The number of anilines is 1. The molecule has 0 aliphatic carbocycles. The summed E-state index contributed by atoms with van der Waals surface area (Å²) in [7, 11) is 2.07. The summed E-state index contributed by atoms with van der Waals surface area (Å²) < 4.78 is 6.96. The lowest BCUT2D eigenvalue weighted by Crippen LogP contribution is -2.47. The first-order valence-corrected chi connectivity index (χ1v) is 8.10. The molecule has 0 unspecified atom stereocenters. The van der Waals surface area contributed by atoms with E-state index in [0.717, 1.165) is 32.5 Å². The monoisotopic (exact) mass is 320 g/mol. The number of pyridine rings is 1. The minimum Gasteiger partial charge on any atom is -0.384 e. The van der Waals surface area contributed by atoms with Gasteiger partial charge < -0.3 is 25.3 Å². The molecule has 2 aliphatic heterocycles. The predicted octanol–water partition coefficient (Wildman–Crippen LogP) is 0.272. The van der Waals surface area contributed by atoms with Crippen LogP contribution in [0.15, 0.2) is 17.1 Å². The van der Waals surface area contributed by atoms with Crippen LogP contribution in [0.3, 0.4) is 0 Å². The Balaban J connectivity index is 1.80. The third-order valence-corrected chi connectivity index (χ3v) is 4.65. The minimum absolute atomic E-state index is 0.0729. The zero-order chi connectivity index (χ0) is 16.4.